The van der Waals surface area contributed by atoms with Crippen LogP contribution in [0.4, 0.5) is 11.4 Å². The lowest BCUT2D eigenvalue weighted by Crippen LogP contribution is -2.32. The van der Waals surface area contributed by atoms with Gasteiger partial charge in [0.2, 0.25) is 0 Å². The molecule has 1 aliphatic rings. The van der Waals surface area contributed by atoms with Crippen LogP contribution in [-0.4, -0.2) is 36.0 Å². The SMILES string of the molecule is COc1ccc(NC(=O)c2sc3nc4c(cc3c2N)CN(CCc2ccccc2)CC4)cc1. The van der Waals surface area contributed by atoms with E-state index in [1.807, 2.05) is 18.2 Å². The fourth-order valence-electron chi connectivity index (χ4n) is 4.21. The van der Waals surface area contributed by atoms with E-state index in [0.29, 0.717) is 16.3 Å². The van der Waals surface area contributed by atoms with Gasteiger partial charge in [-0.25, -0.2) is 4.98 Å². The third-order valence-electron chi connectivity index (χ3n) is 6.06. The van der Waals surface area contributed by atoms with Gasteiger partial charge < -0.3 is 15.8 Å². The Labute approximate surface area is 197 Å². The Morgan fingerprint density at radius 3 is 2.73 bits per heavy atom. The van der Waals surface area contributed by atoms with Crippen molar-refractivity contribution < 1.29 is 9.53 Å². The van der Waals surface area contributed by atoms with Crippen LogP contribution >= 0.6 is 11.3 Å². The molecule has 0 spiro atoms. The molecule has 0 unspecified atom stereocenters. The van der Waals surface area contributed by atoms with E-state index in [4.69, 9.17) is 15.5 Å². The number of carbonyl (C=O) groups is 1. The molecule has 2 aromatic heterocycles. The molecular formula is C26H26N4O2S. The Balaban J connectivity index is 1.33. The van der Waals surface area contributed by atoms with E-state index in [1.165, 1.54) is 22.5 Å². The number of nitrogens with two attached hydrogens (primary N) is 1. The summed E-state index contributed by atoms with van der Waals surface area (Å²) in [6.07, 6.45) is 1.94. The first kappa shape index (κ1) is 21.4. The number of carbonyl (C=O) groups excluding carboxylic acids is 1. The fourth-order valence-corrected chi connectivity index (χ4v) is 5.20. The molecule has 1 aliphatic heterocycles. The zero-order chi connectivity index (χ0) is 22.8. The molecule has 0 saturated heterocycles. The molecule has 7 heteroatoms. The maximum absolute atomic E-state index is 12.9. The summed E-state index contributed by atoms with van der Waals surface area (Å²) in [6, 6.07) is 19.9. The number of benzene rings is 2. The average Bonchev–Trinajstić information content (AvgIpc) is 3.17. The number of rotatable bonds is 6. The molecule has 0 fully saturated rings. The summed E-state index contributed by atoms with van der Waals surface area (Å²) < 4.78 is 5.17. The van der Waals surface area contributed by atoms with Crippen LogP contribution in [0.3, 0.4) is 0 Å². The molecule has 3 heterocycles. The summed E-state index contributed by atoms with van der Waals surface area (Å²) in [6.45, 7) is 2.86. The highest BCUT2D eigenvalue weighted by Gasteiger charge is 2.22. The van der Waals surface area contributed by atoms with Crippen LogP contribution in [0.2, 0.25) is 0 Å². The minimum atomic E-state index is -0.219. The number of amides is 1. The number of ether oxygens (including phenoxy) is 1. The predicted molar refractivity (Wildman–Crippen MR) is 134 cm³/mol. The molecule has 0 bridgehead atoms. The summed E-state index contributed by atoms with van der Waals surface area (Å²) in [5, 5.41) is 3.78. The van der Waals surface area contributed by atoms with Crippen molar-refractivity contribution in [2.45, 2.75) is 19.4 Å². The Morgan fingerprint density at radius 1 is 1.18 bits per heavy atom. The normalized spacial score (nSPS) is 13.6. The van der Waals surface area contributed by atoms with E-state index < -0.39 is 0 Å². The molecule has 0 saturated carbocycles. The molecule has 6 nitrogen and oxygen atoms in total. The third kappa shape index (κ3) is 4.55. The molecule has 33 heavy (non-hydrogen) atoms. The number of hydrogen-bond acceptors (Lipinski definition) is 6. The summed E-state index contributed by atoms with van der Waals surface area (Å²) in [7, 11) is 1.61. The zero-order valence-electron chi connectivity index (χ0n) is 18.5. The number of thiophene rings is 1. The number of nitrogens with zero attached hydrogens (tertiary/aromatic N) is 2. The van der Waals surface area contributed by atoms with Crippen molar-refractivity contribution in [3.8, 4) is 5.75 Å². The van der Waals surface area contributed by atoms with Gasteiger partial charge >= 0.3 is 0 Å². The number of aromatic nitrogens is 1. The highest BCUT2D eigenvalue weighted by molar-refractivity contribution is 7.21. The van der Waals surface area contributed by atoms with Crippen LogP contribution in [0.15, 0.2) is 60.7 Å². The van der Waals surface area contributed by atoms with Crippen molar-refractivity contribution in [1.82, 2.24) is 9.88 Å². The van der Waals surface area contributed by atoms with Gasteiger partial charge in [0.15, 0.2) is 0 Å². The van der Waals surface area contributed by atoms with Gasteiger partial charge in [-0.2, -0.15) is 0 Å². The largest absolute Gasteiger partial charge is 0.497 e. The number of nitrogens with one attached hydrogen (secondary N) is 1. The maximum Gasteiger partial charge on any atom is 0.267 e. The second-order valence-corrected chi connectivity index (χ2v) is 9.24. The van der Waals surface area contributed by atoms with E-state index in [0.717, 1.165) is 54.1 Å². The monoisotopic (exact) mass is 458 g/mol. The Hall–Kier alpha value is -3.42. The number of hydrogen-bond donors (Lipinski definition) is 2. The number of pyridine rings is 1. The van der Waals surface area contributed by atoms with E-state index in [-0.39, 0.29) is 5.91 Å². The second-order valence-electron chi connectivity index (χ2n) is 8.24. The van der Waals surface area contributed by atoms with Crippen LogP contribution in [0.5, 0.6) is 5.75 Å². The highest BCUT2D eigenvalue weighted by atomic mass is 32.1. The third-order valence-corrected chi connectivity index (χ3v) is 7.18. The summed E-state index contributed by atoms with van der Waals surface area (Å²) in [5.41, 5.74) is 11.3. The highest BCUT2D eigenvalue weighted by Crippen LogP contribution is 2.35. The van der Waals surface area contributed by atoms with Crippen LogP contribution in [0.1, 0.15) is 26.5 Å². The maximum atomic E-state index is 12.9. The van der Waals surface area contributed by atoms with Crippen molar-refractivity contribution in [3.05, 3.63) is 82.4 Å². The zero-order valence-corrected chi connectivity index (χ0v) is 19.3. The molecule has 0 atom stereocenters. The van der Waals surface area contributed by atoms with Crippen molar-refractivity contribution in [2.24, 2.45) is 0 Å². The average molecular weight is 459 g/mol. The Bertz CT molecular complexity index is 1290. The first-order chi connectivity index (χ1) is 16.1. The van der Waals surface area contributed by atoms with Gasteiger partial charge in [-0.05, 0) is 47.9 Å². The lowest BCUT2D eigenvalue weighted by Gasteiger charge is -2.28. The lowest BCUT2D eigenvalue weighted by molar-refractivity contribution is 0.103. The van der Waals surface area contributed by atoms with Gasteiger partial charge in [-0.1, -0.05) is 30.3 Å². The molecule has 168 valence electrons. The summed E-state index contributed by atoms with van der Waals surface area (Å²) >= 11 is 1.35. The van der Waals surface area contributed by atoms with Gasteiger partial charge in [0.1, 0.15) is 15.5 Å². The molecule has 2 aromatic carbocycles. The minimum absolute atomic E-state index is 0.219. The van der Waals surface area contributed by atoms with Crippen molar-refractivity contribution in [2.75, 3.05) is 31.2 Å². The van der Waals surface area contributed by atoms with E-state index in [2.05, 4.69) is 40.5 Å². The molecule has 0 radical (unpaired) electrons. The molecule has 3 N–H and O–H groups in total. The van der Waals surface area contributed by atoms with Crippen LogP contribution in [0, 0.1) is 0 Å². The first-order valence-electron chi connectivity index (χ1n) is 11.0. The van der Waals surface area contributed by atoms with Crippen LogP contribution in [0.25, 0.3) is 10.2 Å². The standard InChI is InChI=1S/C26H26N4O2S/c1-32-20-9-7-19(8-10-20)28-25(31)24-23(27)21-15-18-16-30(13-11-17-5-3-2-4-6-17)14-12-22(18)29-26(21)33-24/h2-10,15H,11-14,16,27H2,1H3,(H,28,31). The molecule has 5 rings (SSSR count). The Morgan fingerprint density at radius 2 is 1.97 bits per heavy atom. The van der Waals surface area contributed by atoms with Gasteiger partial charge in [-0.15, -0.1) is 11.3 Å². The molecule has 0 aliphatic carbocycles. The lowest BCUT2D eigenvalue weighted by atomic mass is 10.0. The van der Waals surface area contributed by atoms with Crippen LogP contribution < -0.4 is 15.8 Å². The smallest absolute Gasteiger partial charge is 0.267 e. The Kier molecular flexibility index (Phi) is 5.98. The number of nitrogen functional groups attached to an aromatic ring is 1. The van der Waals surface area contributed by atoms with Gasteiger partial charge in [0.25, 0.3) is 5.91 Å². The predicted octanol–water partition coefficient (Wildman–Crippen LogP) is 4.74. The van der Waals surface area contributed by atoms with Gasteiger partial charge in [-0.3, -0.25) is 9.69 Å². The first-order valence-corrected chi connectivity index (χ1v) is 11.8. The van der Waals surface area contributed by atoms with Crippen LogP contribution in [-0.2, 0) is 19.4 Å². The van der Waals surface area contributed by atoms with E-state index >= 15 is 0 Å². The molecular weight excluding hydrogens is 432 g/mol. The summed E-state index contributed by atoms with van der Waals surface area (Å²) in [5.74, 6) is 0.519. The number of methoxy groups -OCH3 is 1. The fraction of sp³-hybridized carbons (Fsp3) is 0.231. The van der Waals surface area contributed by atoms with E-state index in [9.17, 15) is 4.79 Å². The second kappa shape index (κ2) is 9.21. The summed E-state index contributed by atoms with van der Waals surface area (Å²) in [4.78, 5) is 21.6. The van der Waals surface area contributed by atoms with Crippen molar-refractivity contribution >= 4 is 38.8 Å². The van der Waals surface area contributed by atoms with Gasteiger partial charge in [0.05, 0.1) is 12.8 Å². The minimum Gasteiger partial charge on any atom is -0.497 e. The van der Waals surface area contributed by atoms with Crippen molar-refractivity contribution in [1.29, 1.82) is 0 Å². The topological polar surface area (TPSA) is 80.5 Å². The van der Waals surface area contributed by atoms with E-state index in [1.54, 1.807) is 19.2 Å². The molecule has 4 aromatic rings. The number of fused-ring (bicyclic) bond motifs is 2. The molecule has 1 amide bonds. The quantitative estimate of drug-likeness (QED) is 0.436. The van der Waals surface area contributed by atoms with Gasteiger partial charge in [0, 0.05) is 42.8 Å². The number of anilines is 2. The van der Waals surface area contributed by atoms with Crippen molar-refractivity contribution in [3.63, 3.8) is 0 Å².